The van der Waals surface area contributed by atoms with Crippen molar-refractivity contribution in [1.29, 1.82) is 0 Å². The average molecular weight is 233 g/mol. The maximum atomic E-state index is 11.6. The predicted molar refractivity (Wildman–Crippen MR) is 61.2 cm³/mol. The fourth-order valence-corrected chi connectivity index (χ4v) is 0.987. The number of hydrogen-bond donors (Lipinski definition) is 2. The van der Waals surface area contributed by atoms with E-state index in [-0.39, 0.29) is 12.5 Å². The molecule has 5 nitrogen and oxygen atoms in total. The SMILES string of the molecule is COCCC(C)(O)CNC(=O)C(C)(C)OC. The van der Waals surface area contributed by atoms with Gasteiger partial charge in [0, 0.05) is 33.8 Å². The Morgan fingerprint density at radius 3 is 2.31 bits per heavy atom. The summed E-state index contributed by atoms with van der Waals surface area (Å²) >= 11 is 0. The van der Waals surface area contributed by atoms with Crippen LogP contribution in [-0.4, -0.2) is 49.6 Å². The Bertz CT molecular complexity index is 226. The zero-order chi connectivity index (χ0) is 12.8. The molecule has 0 saturated carbocycles. The first-order valence-electron chi connectivity index (χ1n) is 5.30. The molecule has 0 aliphatic carbocycles. The molecule has 1 atom stereocenters. The number of hydrogen-bond acceptors (Lipinski definition) is 4. The maximum Gasteiger partial charge on any atom is 0.251 e. The zero-order valence-corrected chi connectivity index (χ0v) is 10.8. The van der Waals surface area contributed by atoms with Crippen molar-refractivity contribution in [3.05, 3.63) is 0 Å². The second-order valence-electron chi connectivity index (χ2n) is 4.64. The van der Waals surface area contributed by atoms with Gasteiger partial charge < -0.3 is 19.9 Å². The quantitative estimate of drug-likeness (QED) is 0.664. The molecule has 0 bridgehead atoms. The Labute approximate surface area is 97.1 Å². The first-order valence-corrected chi connectivity index (χ1v) is 5.30. The molecule has 0 aliphatic rings. The Balaban J connectivity index is 4.09. The predicted octanol–water partition coefficient (Wildman–Crippen LogP) is 0.315. The van der Waals surface area contributed by atoms with E-state index in [1.807, 2.05) is 0 Å². The second-order valence-corrected chi connectivity index (χ2v) is 4.64. The molecule has 0 aromatic carbocycles. The summed E-state index contributed by atoms with van der Waals surface area (Å²) in [6.45, 7) is 5.64. The van der Waals surface area contributed by atoms with E-state index in [9.17, 15) is 9.90 Å². The molecule has 0 aromatic rings. The Morgan fingerprint density at radius 1 is 1.31 bits per heavy atom. The van der Waals surface area contributed by atoms with Crippen LogP contribution in [-0.2, 0) is 14.3 Å². The molecule has 0 heterocycles. The van der Waals surface area contributed by atoms with Crippen LogP contribution in [0.3, 0.4) is 0 Å². The molecule has 0 aliphatic heterocycles. The van der Waals surface area contributed by atoms with Crippen LogP contribution in [0.1, 0.15) is 27.2 Å². The Morgan fingerprint density at radius 2 is 1.88 bits per heavy atom. The molecule has 0 rings (SSSR count). The third-order valence-corrected chi connectivity index (χ3v) is 2.53. The van der Waals surface area contributed by atoms with E-state index in [4.69, 9.17) is 9.47 Å². The summed E-state index contributed by atoms with van der Waals surface area (Å²) in [6, 6.07) is 0. The molecule has 1 unspecified atom stereocenters. The fourth-order valence-electron chi connectivity index (χ4n) is 0.987. The molecule has 16 heavy (non-hydrogen) atoms. The van der Waals surface area contributed by atoms with Gasteiger partial charge >= 0.3 is 0 Å². The number of carbonyl (C=O) groups excluding carboxylic acids is 1. The minimum absolute atomic E-state index is 0.183. The van der Waals surface area contributed by atoms with Crippen LogP contribution in [0.15, 0.2) is 0 Å². The summed E-state index contributed by atoms with van der Waals surface area (Å²) in [4.78, 5) is 11.6. The molecule has 0 spiro atoms. The van der Waals surface area contributed by atoms with Gasteiger partial charge in [-0.3, -0.25) is 4.79 Å². The van der Waals surface area contributed by atoms with Gasteiger partial charge in [-0.1, -0.05) is 0 Å². The summed E-state index contributed by atoms with van der Waals surface area (Å²) in [5.41, 5.74) is -1.84. The molecule has 0 saturated heterocycles. The molecule has 0 radical (unpaired) electrons. The van der Waals surface area contributed by atoms with Gasteiger partial charge in [0.15, 0.2) is 0 Å². The van der Waals surface area contributed by atoms with E-state index in [0.29, 0.717) is 13.0 Å². The minimum atomic E-state index is -0.963. The van der Waals surface area contributed by atoms with Crippen LogP contribution in [0.5, 0.6) is 0 Å². The highest BCUT2D eigenvalue weighted by Crippen LogP contribution is 2.10. The number of rotatable bonds is 7. The summed E-state index contributed by atoms with van der Waals surface area (Å²) < 4.78 is 9.90. The summed E-state index contributed by atoms with van der Waals surface area (Å²) in [5, 5.41) is 12.6. The zero-order valence-electron chi connectivity index (χ0n) is 10.8. The number of aliphatic hydroxyl groups is 1. The molecule has 2 N–H and O–H groups in total. The largest absolute Gasteiger partial charge is 0.388 e. The highest BCUT2D eigenvalue weighted by atomic mass is 16.5. The summed E-state index contributed by atoms with van der Waals surface area (Å²) in [6.07, 6.45) is 0.469. The van der Waals surface area contributed by atoms with Crippen LogP contribution in [0.2, 0.25) is 0 Å². The van der Waals surface area contributed by atoms with Crippen molar-refractivity contribution in [3.8, 4) is 0 Å². The first kappa shape index (κ1) is 15.3. The number of amides is 1. The highest BCUT2D eigenvalue weighted by Gasteiger charge is 2.29. The monoisotopic (exact) mass is 233 g/mol. The van der Waals surface area contributed by atoms with Gasteiger partial charge in [-0.15, -0.1) is 0 Å². The minimum Gasteiger partial charge on any atom is -0.388 e. The van der Waals surface area contributed by atoms with Gasteiger partial charge in [0.2, 0.25) is 0 Å². The van der Waals surface area contributed by atoms with Crippen molar-refractivity contribution in [2.45, 2.75) is 38.4 Å². The molecule has 1 amide bonds. The number of carbonyl (C=O) groups is 1. The molecule has 96 valence electrons. The molecule has 0 fully saturated rings. The smallest absolute Gasteiger partial charge is 0.251 e. The number of ether oxygens (including phenoxy) is 2. The van der Waals surface area contributed by atoms with Crippen LogP contribution in [0.25, 0.3) is 0 Å². The van der Waals surface area contributed by atoms with Gasteiger partial charge in [-0.25, -0.2) is 0 Å². The highest BCUT2D eigenvalue weighted by molar-refractivity contribution is 5.84. The maximum absolute atomic E-state index is 11.6. The first-order chi connectivity index (χ1) is 7.25. The van der Waals surface area contributed by atoms with E-state index < -0.39 is 11.2 Å². The van der Waals surface area contributed by atoms with Crippen molar-refractivity contribution in [2.24, 2.45) is 0 Å². The summed E-state index contributed by atoms with van der Waals surface area (Å²) in [7, 11) is 3.05. The van der Waals surface area contributed by atoms with Crippen molar-refractivity contribution in [1.82, 2.24) is 5.32 Å². The topological polar surface area (TPSA) is 67.8 Å². The van der Waals surface area contributed by atoms with Gasteiger partial charge in [-0.2, -0.15) is 0 Å². The van der Waals surface area contributed by atoms with Crippen molar-refractivity contribution in [2.75, 3.05) is 27.4 Å². The third kappa shape index (κ3) is 5.44. The fraction of sp³-hybridized carbons (Fsp3) is 0.909. The van der Waals surface area contributed by atoms with Crippen LogP contribution in [0.4, 0.5) is 0 Å². The molecule has 5 heteroatoms. The van der Waals surface area contributed by atoms with E-state index in [1.54, 1.807) is 27.9 Å². The second kappa shape index (κ2) is 6.18. The van der Waals surface area contributed by atoms with Crippen molar-refractivity contribution < 1.29 is 19.4 Å². The Kier molecular flexibility index (Phi) is 5.92. The van der Waals surface area contributed by atoms with Crippen molar-refractivity contribution >= 4 is 5.91 Å². The van der Waals surface area contributed by atoms with E-state index in [2.05, 4.69) is 5.32 Å². The van der Waals surface area contributed by atoms with Crippen LogP contribution in [0, 0.1) is 0 Å². The van der Waals surface area contributed by atoms with Gasteiger partial charge in [-0.05, 0) is 20.8 Å². The summed E-state index contributed by atoms with van der Waals surface area (Å²) in [5.74, 6) is -0.243. The van der Waals surface area contributed by atoms with E-state index in [1.165, 1.54) is 7.11 Å². The molecule has 0 aromatic heterocycles. The molecular weight excluding hydrogens is 210 g/mol. The lowest BCUT2D eigenvalue weighted by atomic mass is 10.0. The lowest BCUT2D eigenvalue weighted by molar-refractivity contribution is -0.140. The number of methoxy groups -OCH3 is 2. The standard InChI is InChI=1S/C11H23NO4/c1-10(2,16-5)9(13)12-8-11(3,14)6-7-15-4/h14H,6-8H2,1-5H3,(H,12,13). The van der Waals surface area contributed by atoms with Crippen LogP contribution < -0.4 is 5.32 Å². The van der Waals surface area contributed by atoms with E-state index in [0.717, 1.165) is 0 Å². The third-order valence-electron chi connectivity index (χ3n) is 2.53. The van der Waals surface area contributed by atoms with Crippen molar-refractivity contribution in [3.63, 3.8) is 0 Å². The molecular formula is C11H23NO4. The van der Waals surface area contributed by atoms with Crippen LogP contribution >= 0.6 is 0 Å². The van der Waals surface area contributed by atoms with Gasteiger partial charge in [0.05, 0.1) is 5.60 Å². The van der Waals surface area contributed by atoms with Gasteiger partial charge in [0.1, 0.15) is 5.60 Å². The van der Waals surface area contributed by atoms with E-state index >= 15 is 0 Å². The van der Waals surface area contributed by atoms with Gasteiger partial charge in [0.25, 0.3) is 5.91 Å². The normalized spacial score (nSPS) is 15.6. The lowest BCUT2D eigenvalue weighted by Crippen LogP contribution is -2.49. The number of nitrogens with one attached hydrogen (secondary N) is 1. The Hall–Kier alpha value is -0.650. The lowest BCUT2D eigenvalue weighted by Gasteiger charge is -2.27. The average Bonchev–Trinajstić information content (AvgIpc) is 2.23.